The SMILES string of the molecule is O=C(NCc1ccncc1)C1COC2(CCN(C(=O)c3ccccc3F)CC2)N1C(=O)c1ccccc1. The van der Waals surface area contributed by atoms with E-state index >= 15 is 0 Å². The molecule has 1 spiro atoms. The minimum absolute atomic E-state index is 0.0105. The summed E-state index contributed by atoms with van der Waals surface area (Å²) in [5.74, 6) is -1.60. The molecule has 9 heteroatoms. The fraction of sp³-hybridized carbons (Fsp3) is 0.286. The lowest BCUT2D eigenvalue weighted by Crippen LogP contribution is -2.59. The van der Waals surface area contributed by atoms with Gasteiger partial charge in [0.25, 0.3) is 11.8 Å². The molecular formula is C28H27FN4O4. The third kappa shape index (κ3) is 4.95. The van der Waals surface area contributed by atoms with Gasteiger partial charge in [-0.25, -0.2) is 4.39 Å². The minimum Gasteiger partial charge on any atom is -0.353 e. The molecule has 3 aromatic rings. The van der Waals surface area contributed by atoms with Crippen LogP contribution in [0.1, 0.15) is 39.1 Å². The summed E-state index contributed by atoms with van der Waals surface area (Å²) in [6, 6.07) is 17.4. The molecule has 2 aliphatic heterocycles. The third-order valence-corrected chi connectivity index (χ3v) is 6.96. The Labute approximate surface area is 214 Å². The summed E-state index contributed by atoms with van der Waals surface area (Å²) < 4.78 is 20.4. The molecule has 3 heterocycles. The molecule has 1 N–H and O–H groups in total. The van der Waals surface area contributed by atoms with E-state index in [-0.39, 0.29) is 37.1 Å². The van der Waals surface area contributed by atoms with Gasteiger partial charge in [-0.05, 0) is 42.0 Å². The van der Waals surface area contributed by atoms with Gasteiger partial charge in [-0.15, -0.1) is 0 Å². The third-order valence-electron chi connectivity index (χ3n) is 6.96. The summed E-state index contributed by atoms with van der Waals surface area (Å²) in [5.41, 5.74) is 0.302. The van der Waals surface area contributed by atoms with Crippen molar-refractivity contribution in [1.29, 1.82) is 0 Å². The number of nitrogens with one attached hydrogen (secondary N) is 1. The van der Waals surface area contributed by atoms with Crippen molar-refractivity contribution in [3.05, 3.63) is 102 Å². The van der Waals surface area contributed by atoms with Crippen LogP contribution in [0.4, 0.5) is 4.39 Å². The number of pyridine rings is 1. The molecule has 2 aromatic carbocycles. The highest BCUT2D eigenvalue weighted by atomic mass is 19.1. The van der Waals surface area contributed by atoms with E-state index in [9.17, 15) is 18.8 Å². The van der Waals surface area contributed by atoms with Crippen molar-refractivity contribution in [3.8, 4) is 0 Å². The number of hydrogen-bond acceptors (Lipinski definition) is 5. The molecule has 1 unspecified atom stereocenters. The maximum atomic E-state index is 14.2. The second kappa shape index (κ2) is 10.5. The Balaban J connectivity index is 1.36. The molecule has 1 atom stereocenters. The van der Waals surface area contributed by atoms with Gasteiger partial charge < -0.3 is 15.0 Å². The molecule has 0 saturated carbocycles. The van der Waals surface area contributed by atoms with E-state index in [4.69, 9.17) is 4.74 Å². The molecule has 0 aliphatic carbocycles. The number of amides is 3. The molecule has 8 nitrogen and oxygen atoms in total. The van der Waals surface area contributed by atoms with Crippen molar-refractivity contribution in [2.75, 3.05) is 19.7 Å². The standard InChI is InChI=1S/C28H27FN4O4/c29-23-9-5-4-8-22(23)27(36)32-16-12-28(13-17-32)33(26(35)21-6-2-1-3-7-21)24(19-37-28)25(34)31-18-20-10-14-30-15-11-20/h1-11,14-15,24H,12-13,16-19H2,(H,31,34). The lowest BCUT2D eigenvalue weighted by molar-refractivity contribution is -0.128. The zero-order chi connectivity index (χ0) is 25.8. The molecular weight excluding hydrogens is 475 g/mol. The Morgan fingerprint density at radius 1 is 0.946 bits per heavy atom. The van der Waals surface area contributed by atoms with Crippen molar-refractivity contribution in [2.24, 2.45) is 0 Å². The lowest BCUT2D eigenvalue weighted by atomic mass is 9.96. The second-order valence-electron chi connectivity index (χ2n) is 9.16. The number of halogens is 1. The molecule has 2 saturated heterocycles. The molecule has 190 valence electrons. The first-order valence-electron chi connectivity index (χ1n) is 12.2. The van der Waals surface area contributed by atoms with Gasteiger partial charge in [0.2, 0.25) is 5.91 Å². The number of nitrogens with zero attached hydrogens (tertiary/aromatic N) is 3. The first-order valence-corrected chi connectivity index (χ1v) is 12.2. The Morgan fingerprint density at radius 3 is 2.32 bits per heavy atom. The molecule has 3 amide bonds. The van der Waals surface area contributed by atoms with E-state index in [1.54, 1.807) is 47.6 Å². The van der Waals surface area contributed by atoms with Crippen LogP contribution in [0.15, 0.2) is 79.1 Å². The van der Waals surface area contributed by atoms with Crippen LogP contribution in [0.3, 0.4) is 0 Å². The topological polar surface area (TPSA) is 91.8 Å². The van der Waals surface area contributed by atoms with Crippen LogP contribution in [0, 0.1) is 5.82 Å². The number of ether oxygens (including phenoxy) is 1. The predicted octanol–water partition coefficient (Wildman–Crippen LogP) is 3.01. The smallest absolute Gasteiger partial charge is 0.256 e. The Morgan fingerprint density at radius 2 is 1.62 bits per heavy atom. The van der Waals surface area contributed by atoms with Gasteiger partial charge in [-0.3, -0.25) is 24.3 Å². The summed E-state index contributed by atoms with van der Waals surface area (Å²) in [6.07, 6.45) is 3.91. The normalized spacial score (nSPS) is 18.6. The number of hydrogen-bond donors (Lipinski definition) is 1. The maximum absolute atomic E-state index is 14.2. The van der Waals surface area contributed by atoms with Crippen molar-refractivity contribution >= 4 is 17.7 Å². The van der Waals surface area contributed by atoms with Gasteiger partial charge in [0.15, 0.2) is 0 Å². The zero-order valence-electron chi connectivity index (χ0n) is 20.2. The monoisotopic (exact) mass is 502 g/mol. The quantitative estimate of drug-likeness (QED) is 0.579. The van der Waals surface area contributed by atoms with Gasteiger partial charge in [-0.1, -0.05) is 30.3 Å². The van der Waals surface area contributed by atoms with Crippen LogP contribution in [0.25, 0.3) is 0 Å². The van der Waals surface area contributed by atoms with E-state index in [1.165, 1.54) is 23.1 Å². The van der Waals surface area contributed by atoms with Crippen LogP contribution >= 0.6 is 0 Å². The fourth-order valence-electron chi connectivity index (χ4n) is 4.96. The predicted molar refractivity (Wildman–Crippen MR) is 133 cm³/mol. The van der Waals surface area contributed by atoms with Crippen molar-refractivity contribution in [3.63, 3.8) is 0 Å². The molecule has 0 bridgehead atoms. The van der Waals surface area contributed by atoms with Crippen molar-refractivity contribution in [1.82, 2.24) is 20.1 Å². The Bertz CT molecular complexity index is 1280. The average Bonchev–Trinajstić information content (AvgIpc) is 3.31. The van der Waals surface area contributed by atoms with Gasteiger partial charge in [0, 0.05) is 50.4 Å². The van der Waals surface area contributed by atoms with Gasteiger partial charge in [0.1, 0.15) is 17.6 Å². The largest absolute Gasteiger partial charge is 0.353 e. The number of carbonyl (C=O) groups excluding carboxylic acids is 3. The van der Waals surface area contributed by atoms with E-state index in [2.05, 4.69) is 10.3 Å². The Kier molecular flexibility index (Phi) is 6.96. The van der Waals surface area contributed by atoms with Crippen LogP contribution in [-0.4, -0.2) is 64.0 Å². The Hall–Kier alpha value is -4.11. The van der Waals surface area contributed by atoms with Gasteiger partial charge in [-0.2, -0.15) is 0 Å². The molecule has 2 fully saturated rings. The van der Waals surface area contributed by atoms with Crippen LogP contribution in [-0.2, 0) is 16.1 Å². The number of rotatable bonds is 5. The van der Waals surface area contributed by atoms with Crippen molar-refractivity contribution in [2.45, 2.75) is 31.2 Å². The highest BCUT2D eigenvalue weighted by Crippen LogP contribution is 2.39. The van der Waals surface area contributed by atoms with Crippen LogP contribution in [0.2, 0.25) is 0 Å². The highest BCUT2D eigenvalue weighted by molar-refractivity contribution is 5.98. The van der Waals surface area contributed by atoms with E-state index in [0.717, 1.165) is 5.56 Å². The van der Waals surface area contributed by atoms with Gasteiger partial charge in [0.05, 0.1) is 12.2 Å². The average molecular weight is 503 g/mol. The molecule has 0 radical (unpaired) electrons. The van der Waals surface area contributed by atoms with Gasteiger partial charge >= 0.3 is 0 Å². The second-order valence-corrected chi connectivity index (χ2v) is 9.16. The number of piperidine rings is 1. The summed E-state index contributed by atoms with van der Waals surface area (Å²) in [7, 11) is 0. The van der Waals surface area contributed by atoms with Crippen LogP contribution < -0.4 is 5.32 Å². The highest BCUT2D eigenvalue weighted by Gasteiger charge is 2.54. The summed E-state index contributed by atoms with van der Waals surface area (Å²) in [4.78, 5) is 47.0. The van der Waals surface area contributed by atoms with Crippen LogP contribution in [0.5, 0.6) is 0 Å². The molecule has 37 heavy (non-hydrogen) atoms. The maximum Gasteiger partial charge on any atom is 0.256 e. The summed E-state index contributed by atoms with van der Waals surface area (Å²) >= 11 is 0. The molecule has 1 aromatic heterocycles. The van der Waals surface area contributed by atoms with E-state index < -0.39 is 23.5 Å². The first kappa shape index (κ1) is 24.6. The van der Waals surface area contributed by atoms with E-state index in [1.807, 2.05) is 18.2 Å². The minimum atomic E-state index is -1.04. The fourth-order valence-corrected chi connectivity index (χ4v) is 4.96. The number of aromatic nitrogens is 1. The number of benzene rings is 2. The zero-order valence-corrected chi connectivity index (χ0v) is 20.2. The van der Waals surface area contributed by atoms with Crippen molar-refractivity contribution < 1.29 is 23.5 Å². The lowest BCUT2D eigenvalue weighted by Gasteiger charge is -2.44. The molecule has 2 aliphatic rings. The number of likely N-dealkylation sites (tertiary alicyclic amines) is 1. The first-order chi connectivity index (χ1) is 18.0. The summed E-state index contributed by atoms with van der Waals surface area (Å²) in [6.45, 7) is 0.860. The summed E-state index contributed by atoms with van der Waals surface area (Å²) in [5, 5.41) is 2.91. The molecule has 5 rings (SSSR count). The van der Waals surface area contributed by atoms with E-state index in [0.29, 0.717) is 24.9 Å². The number of carbonyl (C=O) groups is 3.